The van der Waals surface area contributed by atoms with Gasteiger partial charge in [-0.3, -0.25) is 4.79 Å². The number of carboxylic acids is 1. The maximum absolute atomic E-state index is 12.3. The number of urea groups is 1. The summed E-state index contributed by atoms with van der Waals surface area (Å²) in [6.45, 7) is 6.22. The number of nitrogens with zero attached hydrogens (tertiary/aromatic N) is 2. The zero-order chi connectivity index (χ0) is 13.3. The summed E-state index contributed by atoms with van der Waals surface area (Å²) < 4.78 is 0. The van der Waals surface area contributed by atoms with E-state index in [-0.39, 0.29) is 12.1 Å². The molecule has 2 aliphatic heterocycles. The van der Waals surface area contributed by atoms with Gasteiger partial charge in [0.2, 0.25) is 0 Å². The zero-order valence-electron chi connectivity index (χ0n) is 11.1. The molecular weight excluding hydrogens is 232 g/mol. The van der Waals surface area contributed by atoms with Crippen LogP contribution in [0.3, 0.4) is 0 Å². The Morgan fingerprint density at radius 2 is 2.00 bits per heavy atom. The first kappa shape index (κ1) is 13.2. The summed E-state index contributed by atoms with van der Waals surface area (Å²) in [5.74, 6) is -0.577. The van der Waals surface area contributed by atoms with Crippen molar-refractivity contribution in [3.05, 3.63) is 0 Å². The highest BCUT2D eigenvalue weighted by Crippen LogP contribution is 2.27. The van der Waals surface area contributed by atoms with Crippen LogP contribution in [0.15, 0.2) is 0 Å². The SMILES string of the molecule is CCC1CCN(C(=O)N2CCC(C(=O)O)C2C)C1. The molecule has 3 atom stereocenters. The van der Waals surface area contributed by atoms with Crippen molar-refractivity contribution in [3.8, 4) is 0 Å². The van der Waals surface area contributed by atoms with Crippen LogP contribution < -0.4 is 0 Å². The maximum Gasteiger partial charge on any atom is 0.320 e. The molecule has 1 N–H and O–H groups in total. The highest BCUT2D eigenvalue weighted by Gasteiger charge is 2.40. The van der Waals surface area contributed by atoms with E-state index in [1.54, 1.807) is 4.90 Å². The standard InChI is InChI=1S/C13H22N2O3/c1-3-10-4-6-14(8-10)13(18)15-7-5-11(9(15)2)12(16)17/h9-11H,3-8H2,1-2H3,(H,16,17). The van der Waals surface area contributed by atoms with Crippen LogP contribution in [0, 0.1) is 11.8 Å². The van der Waals surface area contributed by atoms with Crippen molar-refractivity contribution in [2.24, 2.45) is 11.8 Å². The normalized spacial score (nSPS) is 32.0. The van der Waals surface area contributed by atoms with Gasteiger partial charge < -0.3 is 14.9 Å². The number of amides is 2. The summed E-state index contributed by atoms with van der Waals surface area (Å²) in [6.07, 6.45) is 2.76. The molecule has 2 rings (SSSR count). The van der Waals surface area contributed by atoms with Crippen LogP contribution in [0.1, 0.15) is 33.1 Å². The molecule has 18 heavy (non-hydrogen) atoms. The summed E-state index contributed by atoms with van der Waals surface area (Å²) in [5.41, 5.74) is 0. The fraction of sp³-hybridized carbons (Fsp3) is 0.846. The van der Waals surface area contributed by atoms with Gasteiger partial charge in [0, 0.05) is 25.7 Å². The average molecular weight is 254 g/mol. The van der Waals surface area contributed by atoms with Gasteiger partial charge in [-0.2, -0.15) is 0 Å². The largest absolute Gasteiger partial charge is 0.481 e. The van der Waals surface area contributed by atoms with Gasteiger partial charge in [-0.1, -0.05) is 13.3 Å². The molecule has 5 heteroatoms. The summed E-state index contributed by atoms with van der Waals surface area (Å²) in [5, 5.41) is 9.08. The first-order valence-corrected chi connectivity index (χ1v) is 6.83. The molecular formula is C13H22N2O3. The average Bonchev–Trinajstić information content (AvgIpc) is 2.94. The Bertz CT molecular complexity index is 345. The predicted octanol–water partition coefficient (Wildman–Crippen LogP) is 1.63. The molecule has 0 aromatic carbocycles. The van der Waals surface area contributed by atoms with E-state index in [1.165, 1.54) is 0 Å². The van der Waals surface area contributed by atoms with Crippen LogP contribution in [-0.2, 0) is 4.79 Å². The van der Waals surface area contributed by atoms with E-state index in [2.05, 4.69) is 6.92 Å². The Hall–Kier alpha value is -1.26. The van der Waals surface area contributed by atoms with E-state index >= 15 is 0 Å². The molecule has 2 fully saturated rings. The van der Waals surface area contributed by atoms with Gasteiger partial charge in [0.1, 0.15) is 0 Å². The van der Waals surface area contributed by atoms with E-state index in [4.69, 9.17) is 5.11 Å². The highest BCUT2D eigenvalue weighted by atomic mass is 16.4. The third-order valence-electron chi connectivity index (χ3n) is 4.45. The Morgan fingerprint density at radius 1 is 1.28 bits per heavy atom. The molecule has 0 radical (unpaired) electrons. The molecule has 0 aromatic heterocycles. The number of carboxylic acid groups (broad SMARTS) is 1. The van der Waals surface area contributed by atoms with Gasteiger partial charge >= 0.3 is 12.0 Å². The van der Waals surface area contributed by atoms with Crippen molar-refractivity contribution in [2.45, 2.75) is 39.2 Å². The number of likely N-dealkylation sites (tertiary alicyclic amines) is 2. The minimum absolute atomic E-state index is 0.0298. The number of rotatable bonds is 2. The fourth-order valence-electron chi connectivity index (χ4n) is 3.06. The lowest BCUT2D eigenvalue weighted by atomic mass is 10.0. The van der Waals surface area contributed by atoms with Gasteiger partial charge in [-0.05, 0) is 25.7 Å². The van der Waals surface area contributed by atoms with Crippen molar-refractivity contribution in [1.29, 1.82) is 0 Å². The summed E-state index contributed by atoms with van der Waals surface area (Å²) >= 11 is 0. The van der Waals surface area contributed by atoms with Crippen LogP contribution in [0.2, 0.25) is 0 Å². The monoisotopic (exact) mass is 254 g/mol. The number of carbonyl (C=O) groups is 2. The van der Waals surface area contributed by atoms with Gasteiger partial charge in [-0.25, -0.2) is 4.79 Å². The molecule has 2 amide bonds. The topological polar surface area (TPSA) is 60.9 Å². The van der Waals surface area contributed by atoms with E-state index in [9.17, 15) is 9.59 Å². The number of aliphatic carboxylic acids is 1. The summed E-state index contributed by atoms with van der Waals surface area (Å²) in [7, 11) is 0. The maximum atomic E-state index is 12.3. The smallest absolute Gasteiger partial charge is 0.320 e. The van der Waals surface area contributed by atoms with Gasteiger partial charge in [0.05, 0.1) is 5.92 Å². The molecule has 2 heterocycles. The van der Waals surface area contributed by atoms with Crippen molar-refractivity contribution in [2.75, 3.05) is 19.6 Å². The van der Waals surface area contributed by atoms with Crippen LogP contribution in [0.25, 0.3) is 0 Å². The molecule has 5 nitrogen and oxygen atoms in total. The van der Waals surface area contributed by atoms with Crippen molar-refractivity contribution < 1.29 is 14.7 Å². The van der Waals surface area contributed by atoms with Crippen LogP contribution >= 0.6 is 0 Å². The zero-order valence-corrected chi connectivity index (χ0v) is 11.1. The number of hydrogen-bond acceptors (Lipinski definition) is 2. The Labute approximate surface area is 108 Å². The quantitative estimate of drug-likeness (QED) is 0.814. The molecule has 3 unspecified atom stereocenters. The predicted molar refractivity (Wildman–Crippen MR) is 67.3 cm³/mol. The Balaban J connectivity index is 1.96. The van der Waals surface area contributed by atoms with Crippen LogP contribution in [0.5, 0.6) is 0 Å². The summed E-state index contributed by atoms with van der Waals surface area (Å²) in [6, 6.07) is -0.155. The van der Waals surface area contributed by atoms with Crippen LogP contribution in [0.4, 0.5) is 4.79 Å². The van der Waals surface area contributed by atoms with Gasteiger partial charge in [-0.15, -0.1) is 0 Å². The lowest BCUT2D eigenvalue weighted by Crippen LogP contribution is -2.45. The molecule has 2 aliphatic rings. The second kappa shape index (κ2) is 5.16. The number of carbonyl (C=O) groups excluding carboxylic acids is 1. The number of hydrogen-bond donors (Lipinski definition) is 1. The first-order valence-electron chi connectivity index (χ1n) is 6.83. The van der Waals surface area contributed by atoms with Gasteiger partial charge in [0.15, 0.2) is 0 Å². The molecule has 0 bridgehead atoms. The molecule has 102 valence electrons. The molecule has 0 aliphatic carbocycles. The van der Waals surface area contributed by atoms with Crippen molar-refractivity contribution >= 4 is 12.0 Å². The van der Waals surface area contributed by atoms with E-state index in [0.717, 1.165) is 25.9 Å². The second-order valence-corrected chi connectivity index (χ2v) is 5.46. The van der Waals surface area contributed by atoms with E-state index in [1.807, 2.05) is 11.8 Å². The van der Waals surface area contributed by atoms with Crippen LogP contribution in [-0.4, -0.2) is 52.6 Å². The first-order chi connectivity index (χ1) is 8.54. The second-order valence-electron chi connectivity index (χ2n) is 5.46. The van der Waals surface area contributed by atoms with E-state index in [0.29, 0.717) is 18.9 Å². The summed E-state index contributed by atoms with van der Waals surface area (Å²) in [4.78, 5) is 27.0. The van der Waals surface area contributed by atoms with Crippen molar-refractivity contribution in [3.63, 3.8) is 0 Å². The molecule has 0 spiro atoms. The highest BCUT2D eigenvalue weighted by molar-refractivity contribution is 5.78. The lowest BCUT2D eigenvalue weighted by Gasteiger charge is -2.28. The molecule has 0 saturated carbocycles. The third-order valence-corrected chi connectivity index (χ3v) is 4.45. The van der Waals surface area contributed by atoms with Crippen molar-refractivity contribution in [1.82, 2.24) is 9.80 Å². The lowest BCUT2D eigenvalue weighted by molar-refractivity contribution is -0.142. The minimum Gasteiger partial charge on any atom is -0.481 e. The third kappa shape index (κ3) is 2.31. The fourth-order valence-corrected chi connectivity index (χ4v) is 3.06. The van der Waals surface area contributed by atoms with Gasteiger partial charge in [0.25, 0.3) is 0 Å². The molecule has 2 saturated heterocycles. The Morgan fingerprint density at radius 3 is 2.50 bits per heavy atom. The Kier molecular flexibility index (Phi) is 3.78. The minimum atomic E-state index is -0.786. The molecule has 0 aromatic rings. The van der Waals surface area contributed by atoms with E-state index < -0.39 is 11.9 Å².